The molecule has 3 amide bonds. The van der Waals surface area contributed by atoms with Gasteiger partial charge in [0.2, 0.25) is 11.8 Å². The smallest absolute Gasteiger partial charge is 0.303 e. The van der Waals surface area contributed by atoms with Crippen LogP contribution in [-0.2, 0) is 14.4 Å². The Hall–Kier alpha value is -3.20. The molecular weight excluding hydrogens is 454 g/mol. The molecule has 178 valence electrons. The summed E-state index contributed by atoms with van der Waals surface area (Å²) in [6.07, 6.45) is 3.48. The Bertz CT molecular complexity index is 1140. The van der Waals surface area contributed by atoms with Gasteiger partial charge in [0.15, 0.2) is 0 Å². The van der Waals surface area contributed by atoms with Crippen LogP contribution in [-0.4, -0.2) is 64.3 Å². The molecular formula is C25H27N3O5S. The largest absolute Gasteiger partial charge is 0.481 e. The van der Waals surface area contributed by atoms with Gasteiger partial charge in [-0.05, 0) is 58.3 Å². The molecule has 8 nitrogen and oxygen atoms in total. The van der Waals surface area contributed by atoms with Crippen molar-refractivity contribution in [3.05, 3.63) is 40.6 Å². The maximum absolute atomic E-state index is 13.4. The number of anilines is 1. The second-order valence-corrected chi connectivity index (χ2v) is 10.4. The van der Waals surface area contributed by atoms with E-state index < -0.39 is 17.4 Å². The lowest BCUT2D eigenvalue weighted by molar-refractivity contribution is -0.142. The molecule has 2 aromatic rings. The number of hydrogen-bond acceptors (Lipinski definition) is 5. The fourth-order valence-corrected chi connectivity index (χ4v) is 6.25. The summed E-state index contributed by atoms with van der Waals surface area (Å²) < 4.78 is 0. The highest BCUT2D eigenvalue weighted by Gasteiger charge is 2.43. The fourth-order valence-electron chi connectivity index (χ4n) is 5.58. The summed E-state index contributed by atoms with van der Waals surface area (Å²) in [5.41, 5.74) is 2.36. The van der Waals surface area contributed by atoms with Gasteiger partial charge >= 0.3 is 5.97 Å². The van der Waals surface area contributed by atoms with Crippen LogP contribution in [0.1, 0.15) is 48.9 Å². The van der Waals surface area contributed by atoms with Crippen LogP contribution < -0.4 is 5.32 Å². The third-order valence-electron chi connectivity index (χ3n) is 7.38. The number of hydrogen-bond donors (Lipinski definition) is 2. The van der Waals surface area contributed by atoms with E-state index in [1.165, 1.54) is 0 Å². The molecule has 0 radical (unpaired) electrons. The van der Waals surface area contributed by atoms with Crippen molar-refractivity contribution >= 4 is 40.7 Å². The molecule has 5 rings (SSSR count). The monoisotopic (exact) mass is 481 g/mol. The van der Waals surface area contributed by atoms with Gasteiger partial charge in [-0.3, -0.25) is 19.2 Å². The molecule has 34 heavy (non-hydrogen) atoms. The van der Waals surface area contributed by atoms with E-state index in [-0.39, 0.29) is 43.7 Å². The standard InChI is InChI=1S/C25H27N3O5S/c29-21(12-25(13-22(30)31)6-1-2-7-25)27-8-9-28-20(14-27)23(32)26-19-4-3-16(11-18(19)24(28)33)17-5-10-34-15-17/h3-5,10-11,15,20H,1-2,6-9,12-14H2,(H,26,32)(H,30,31)/t20-/m0/s1. The van der Waals surface area contributed by atoms with Crippen molar-refractivity contribution in [1.29, 1.82) is 0 Å². The summed E-state index contributed by atoms with van der Waals surface area (Å²) in [5, 5.41) is 16.2. The van der Waals surface area contributed by atoms with Gasteiger partial charge in [-0.1, -0.05) is 18.9 Å². The SMILES string of the molecule is O=C(O)CC1(CC(=O)N2CCN3C(=O)c4cc(-c5ccsc5)ccc4NC(=O)[C@@H]3C2)CCCC1. The van der Waals surface area contributed by atoms with Gasteiger partial charge in [-0.25, -0.2) is 0 Å². The molecule has 1 atom stereocenters. The molecule has 0 bridgehead atoms. The van der Waals surface area contributed by atoms with Gasteiger partial charge in [-0.15, -0.1) is 0 Å². The van der Waals surface area contributed by atoms with Gasteiger partial charge in [0, 0.05) is 19.5 Å². The maximum Gasteiger partial charge on any atom is 0.303 e. The van der Waals surface area contributed by atoms with Gasteiger partial charge in [0.1, 0.15) is 6.04 Å². The van der Waals surface area contributed by atoms with E-state index in [1.54, 1.807) is 27.2 Å². The molecule has 9 heteroatoms. The predicted octanol–water partition coefficient (Wildman–Crippen LogP) is 3.45. The number of amides is 3. The van der Waals surface area contributed by atoms with Crippen LogP contribution in [0.25, 0.3) is 11.1 Å². The molecule has 2 fully saturated rings. The van der Waals surface area contributed by atoms with Crippen molar-refractivity contribution in [1.82, 2.24) is 9.80 Å². The molecule has 2 aliphatic heterocycles. The van der Waals surface area contributed by atoms with Crippen molar-refractivity contribution in [2.24, 2.45) is 5.41 Å². The van der Waals surface area contributed by atoms with Crippen LogP contribution in [0.3, 0.4) is 0 Å². The number of piperazine rings is 1. The lowest BCUT2D eigenvalue weighted by atomic mass is 9.79. The molecule has 1 aromatic heterocycles. The number of thiophene rings is 1. The molecule has 0 unspecified atom stereocenters. The van der Waals surface area contributed by atoms with Crippen LogP contribution in [0.15, 0.2) is 35.0 Å². The Labute approximate surface area is 201 Å². The van der Waals surface area contributed by atoms with Crippen LogP contribution in [0.2, 0.25) is 0 Å². The highest BCUT2D eigenvalue weighted by Crippen LogP contribution is 2.44. The number of carboxylic acids is 1. The summed E-state index contributed by atoms with van der Waals surface area (Å²) in [6, 6.07) is 6.67. The van der Waals surface area contributed by atoms with Crippen LogP contribution in [0, 0.1) is 5.41 Å². The van der Waals surface area contributed by atoms with E-state index >= 15 is 0 Å². The lowest BCUT2D eigenvalue weighted by Gasteiger charge is -2.40. The normalized spacial score (nSPS) is 21.5. The van der Waals surface area contributed by atoms with Crippen LogP contribution in [0.5, 0.6) is 0 Å². The first-order valence-corrected chi connectivity index (χ1v) is 12.6. The quantitative estimate of drug-likeness (QED) is 0.680. The number of nitrogens with zero attached hydrogens (tertiary/aromatic N) is 2. The second-order valence-electron chi connectivity index (χ2n) is 9.57. The van der Waals surface area contributed by atoms with Gasteiger partial charge in [0.05, 0.1) is 24.2 Å². The third-order valence-corrected chi connectivity index (χ3v) is 8.06. The first-order chi connectivity index (χ1) is 16.3. The van der Waals surface area contributed by atoms with E-state index in [1.807, 2.05) is 29.0 Å². The Morgan fingerprint density at radius 3 is 2.59 bits per heavy atom. The third kappa shape index (κ3) is 4.20. The summed E-state index contributed by atoms with van der Waals surface area (Å²) in [4.78, 5) is 54.3. The zero-order valence-electron chi connectivity index (χ0n) is 18.8. The summed E-state index contributed by atoms with van der Waals surface area (Å²) in [5.74, 6) is -1.55. The van der Waals surface area contributed by atoms with Crippen molar-refractivity contribution in [2.75, 3.05) is 25.0 Å². The Kier molecular flexibility index (Phi) is 5.89. The summed E-state index contributed by atoms with van der Waals surface area (Å²) in [6.45, 7) is 0.707. The number of carbonyl (C=O) groups is 4. The van der Waals surface area contributed by atoms with Gasteiger partial charge < -0.3 is 20.2 Å². The zero-order valence-corrected chi connectivity index (χ0v) is 19.6. The fraction of sp³-hybridized carbons (Fsp3) is 0.440. The highest BCUT2D eigenvalue weighted by molar-refractivity contribution is 7.08. The van der Waals surface area contributed by atoms with E-state index in [0.29, 0.717) is 17.8 Å². The Balaban J connectivity index is 1.34. The molecule has 1 aromatic carbocycles. The lowest BCUT2D eigenvalue weighted by Crippen LogP contribution is -2.59. The number of carbonyl (C=O) groups excluding carboxylic acids is 3. The number of aliphatic carboxylic acids is 1. The Morgan fingerprint density at radius 1 is 1.09 bits per heavy atom. The van der Waals surface area contributed by atoms with E-state index in [0.717, 1.165) is 36.8 Å². The minimum Gasteiger partial charge on any atom is -0.481 e. The Morgan fingerprint density at radius 2 is 1.88 bits per heavy atom. The molecule has 1 saturated heterocycles. The minimum atomic E-state index is -0.882. The van der Waals surface area contributed by atoms with Crippen molar-refractivity contribution in [3.63, 3.8) is 0 Å². The molecule has 1 saturated carbocycles. The minimum absolute atomic E-state index is 0.0110. The predicted molar refractivity (Wildman–Crippen MR) is 128 cm³/mol. The van der Waals surface area contributed by atoms with Crippen molar-refractivity contribution < 1.29 is 24.3 Å². The van der Waals surface area contributed by atoms with E-state index in [4.69, 9.17) is 0 Å². The van der Waals surface area contributed by atoms with Crippen LogP contribution >= 0.6 is 11.3 Å². The number of rotatable bonds is 5. The average Bonchev–Trinajstić information content (AvgIpc) is 3.49. The zero-order chi connectivity index (χ0) is 23.9. The van der Waals surface area contributed by atoms with Crippen molar-refractivity contribution in [3.8, 4) is 11.1 Å². The molecule has 3 aliphatic rings. The van der Waals surface area contributed by atoms with E-state index in [2.05, 4.69) is 5.32 Å². The molecule has 0 spiro atoms. The first-order valence-electron chi connectivity index (χ1n) is 11.6. The number of fused-ring (bicyclic) bond motifs is 2. The molecule has 3 heterocycles. The topological polar surface area (TPSA) is 107 Å². The number of benzene rings is 1. The summed E-state index contributed by atoms with van der Waals surface area (Å²) in [7, 11) is 0. The van der Waals surface area contributed by atoms with E-state index in [9.17, 15) is 24.3 Å². The second kappa shape index (κ2) is 8.87. The van der Waals surface area contributed by atoms with Crippen LogP contribution in [0.4, 0.5) is 5.69 Å². The van der Waals surface area contributed by atoms with Crippen molar-refractivity contribution in [2.45, 2.75) is 44.6 Å². The number of nitrogens with one attached hydrogen (secondary N) is 1. The van der Waals surface area contributed by atoms with Gasteiger partial charge in [-0.2, -0.15) is 11.3 Å². The maximum atomic E-state index is 13.4. The molecule has 2 N–H and O–H groups in total. The first kappa shape index (κ1) is 22.6. The highest BCUT2D eigenvalue weighted by atomic mass is 32.1. The number of carboxylic acid groups (broad SMARTS) is 1. The average molecular weight is 482 g/mol. The summed E-state index contributed by atoms with van der Waals surface area (Å²) >= 11 is 1.58. The molecule has 1 aliphatic carbocycles. The van der Waals surface area contributed by atoms with Gasteiger partial charge in [0.25, 0.3) is 5.91 Å².